The van der Waals surface area contributed by atoms with E-state index in [-0.39, 0.29) is 0 Å². The number of Topliss-reactive ketones (excluding diaryl/α,β-unsaturated/α-hetero) is 1. The van der Waals surface area contributed by atoms with Crippen LogP contribution in [0.3, 0.4) is 0 Å². The average Bonchev–Trinajstić information content (AvgIpc) is 2.26. The van der Waals surface area contributed by atoms with Crippen molar-refractivity contribution in [3.05, 3.63) is 19.2 Å². The summed E-state index contributed by atoms with van der Waals surface area (Å²) in [7, 11) is 0. The van der Waals surface area contributed by atoms with Gasteiger partial charge in [-0.25, -0.2) is 8.78 Å². The van der Waals surface area contributed by atoms with E-state index in [0.29, 0.717) is 9.35 Å². The van der Waals surface area contributed by atoms with Gasteiger partial charge in [-0.1, -0.05) is 0 Å². The summed E-state index contributed by atoms with van der Waals surface area (Å²) >= 11 is 7.62. The molecule has 1 aromatic heterocycles. The lowest BCUT2D eigenvalue weighted by Gasteiger charge is -2.07. The molecule has 78 valence electrons. The molecule has 1 nitrogen and oxygen atoms in total. The van der Waals surface area contributed by atoms with Gasteiger partial charge in [-0.3, -0.25) is 4.79 Å². The molecule has 14 heavy (non-hydrogen) atoms. The van der Waals surface area contributed by atoms with Gasteiger partial charge in [-0.2, -0.15) is 0 Å². The van der Waals surface area contributed by atoms with E-state index in [9.17, 15) is 13.6 Å². The first-order valence-corrected chi connectivity index (χ1v) is 6.06. The van der Waals surface area contributed by atoms with Crippen LogP contribution >= 0.6 is 43.2 Å². The van der Waals surface area contributed by atoms with E-state index in [2.05, 4.69) is 31.9 Å². The third-order valence-electron chi connectivity index (χ3n) is 1.43. The maximum absolute atomic E-state index is 12.6. The minimum atomic E-state index is -2.95. The van der Waals surface area contributed by atoms with Crippen LogP contribution in [0.15, 0.2) is 13.6 Å². The van der Waals surface area contributed by atoms with Gasteiger partial charge in [0.2, 0.25) is 0 Å². The van der Waals surface area contributed by atoms with Crippen molar-refractivity contribution < 1.29 is 13.6 Å². The smallest absolute Gasteiger partial charge is 0.252 e. The minimum Gasteiger partial charge on any atom is -0.294 e. The van der Waals surface area contributed by atoms with Gasteiger partial charge < -0.3 is 0 Å². The van der Waals surface area contributed by atoms with Gasteiger partial charge in [0, 0.05) is 5.56 Å². The van der Waals surface area contributed by atoms with Gasteiger partial charge in [0.25, 0.3) is 5.92 Å². The van der Waals surface area contributed by atoms with Gasteiger partial charge in [-0.15, -0.1) is 11.3 Å². The van der Waals surface area contributed by atoms with Crippen LogP contribution in [-0.4, -0.2) is 11.7 Å². The van der Waals surface area contributed by atoms with Crippen LogP contribution in [0.25, 0.3) is 0 Å². The summed E-state index contributed by atoms with van der Waals surface area (Å²) < 4.78 is 26.4. The molecule has 0 unspecified atom stereocenters. The van der Waals surface area contributed by atoms with Crippen molar-refractivity contribution in [2.24, 2.45) is 0 Å². The normalized spacial score (nSPS) is 11.8. The lowest BCUT2D eigenvalue weighted by molar-refractivity contribution is 0.0156. The Morgan fingerprint density at radius 1 is 1.57 bits per heavy atom. The summed E-state index contributed by atoms with van der Waals surface area (Å²) in [5, 5.41) is 0. The van der Waals surface area contributed by atoms with E-state index in [1.165, 1.54) is 11.3 Å². The predicted octanol–water partition coefficient (Wildman–Crippen LogP) is 4.50. The van der Waals surface area contributed by atoms with Crippen molar-refractivity contribution in [3.8, 4) is 0 Å². The molecule has 0 radical (unpaired) electrons. The number of carbonyl (C=O) groups is 1. The summed E-state index contributed by atoms with van der Waals surface area (Å²) in [6.45, 7) is 0.736. The highest BCUT2D eigenvalue weighted by atomic mass is 79.9. The molecule has 1 aromatic rings. The Labute approximate surface area is 101 Å². The first kappa shape index (κ1) is 12.3. The Morgan fingerprint density at radius 2 is 2.14 bits per heavy atom. The number of ketones is 1. The summed E-state index contributed by atoms with van der Waals surface area (Å²) in [5.74, 6) is -3.50. The zero-order valence-corrected chi connectivity index (χ0v) is 11.1. The maximum atomic E-state index is 12.6. The molecule has 0 saturated heterocycles. The Bertz CT molecular complexity index is 357. The molecule has 0 aliphatic rings. The average molecular weight is 348 g/mol. The van der Waals surface area contributed by atoms with Gasteiger partial charge in [0.05, 0.1) is 14.0 Å². The van der Waals surface area contributed by atoms with Gasteiger partial charge in [0.1, 0.15) is 0 Å². The van der Waals surface area contributed by atoms with Gasteiger partial charge in [-0.05, 0) is 44.8 Å². The largest absolute Gasteiger partial charge is 0.294 e. The van der Waals surface area contributed by atoms with Crippen molar-refractivity contribution in [1.82, 2.24) is 0 Å². The number of halogens is 4. The van der Waals surface area contributed by atoms with E-state index in [1.807, 2.05) is 0 Å². The highest BCUT2D eigenvalue weighted by molar-refractivity contribution is 9.12. The fraction of sp³-hybridized carbons (Fsp3) is 0.375. The molecular weight excluding hydrogens is 342 g/mol. The van der Waals surface area contributed by atoms with Crippen LogP contribution in [-0.2, 0) is 0 Å². The third-order valence-corrected chi connectivity index (χ3v) is 3.77. The minimum absolute atomic E-state index is 0.309. The number of carbonyl (C=O) groups excluding carboxylic acids is 1. The zero-order chi connectivity index (χ0) is 10.9. The number of hydrogen-bond donors (Lipinski definition) is 0. The molecule has 0 bridgehead atoms. The Hall–Kier alpha value is 0.190. The molecule has 0 aromatic carbocycles. The van der Waals surface area contributed by atoms with Gasteiger partial charge >= 0.3 is 0 Å². The van der Waals surface area contributed by atoms with Crippen molar-refractivity contribution >= 4 is 49.0 Å². The van der Waals surface area contributed by atoms with Crippen molar-refractivity contribution in [2.45, 2.75) is 19.3 Å². The number of hydrogen-bond acceptors (Lipinski definition) is 2. The lowest BCUT2D eigenvalue weighted by Crippen LogP contribution is -2.16. The topological polar surface area (TPSA) is 17.1 Å². The van der Waals surface area contributed by atoms with Crippen LogP contribution in [0.4, 0.5) is 8.78 Å². The van der Waals surface area contributed by atoms with Crippen molar-refractivity contribution in [3.63, 3.8) is 0 Å². The van der Waals surface area contributed by atoms with E-state index in [1.54, 1.807) is 6.07 Å². The van der Waals surface area contributed by atoms with Gasteiger partial charge in [0.15, 0.2) is 5.78 Å². The van der Waals surface area contributed by atoms with Crippen LogP contribution in [0.5, 0.6) is 0 Å². The molecule has 1 rings (SSSR count). The summed E-state index contributed by atoms with van der Waals surface area (Å²) in [5.41, 5.74) is 0.309. The van der Waals surface area contributed by atoms with Crippen LogP contribution in [0, 0.1) is 0 Å². The lowest BCUT2D eigenvalue weighted by atomic mass is 10.1. The van der Waals surface area contributed by atoms with E-state index >= 15 is 0 Å². The summed E-state index contributed by atoms with van der Waals surface area (Å²) in [6.07, 6.45) is -0.755. The van der Waals surface area contributed by atoms with E-state index < -0.39 is 18.1 Å². The fourth-order valence-electron chi connectivity index (χ4n) is 0.908. The number of thiophene rings is 1. The van der Waals surface area contributed by atoms with Crippen LogP contribution in [0.1, 0.15) is 23.7 Å². The Balaban J connectivity index is 2.85. The summed E-state index contributed by atoms with van der Waals surface area (Å²) in [6, 6.07) is 1.54. The van der Waals surface area contributed by atoms with Crippen molar-refractivity contribution in [2.75, 3.05) is 0 Å². The second kappa shape index (κ2) is 4.37. The fourth-order valence-corrected chi connectivity index (χ4v) is 3.76. The zero-order valence-electron chi connectivity index (χ0n) is 7.11. The van der Waals surface area contributed by atoms with E-state index in [0.717, 1.165) is 10.7 Å². The standard InChI is InChI=1S/C8H6Br2F2OS/c1-8(11,12)3-5(13)4-2-6(9)14-7(4)10/h2H,3H2,1H3. The SMILES string of the molecule is CC(F)(F)CC(=O)c1cc(Br)sc1Br. The molecular formula is C8H6Br2F2OS. The Morgan fingerprint density at radius 3 is 2.50 bits per heavy atom. The first-order valence-electron chi connectivity index (χ1n) is 3.65. The molecule has 0 spiro atoms. The highest BCUT2D eigenvalue weighted by Crippen LogP contribution is 2.33. The Kier molecular flexibility index (Phi) is 3.82. The molecule has 0 fully saturated rings. The maximum Gasteiger partial charge on any atom is 0.252 e. The van der Waals surface area contributed by atoms with Crippen LogP contribution in [0.2, 0.25) is 0 Å². The number of alkyl halides is 2. The molecule has 1 heterocycles. The second-order valence-electron chi connectivity index (χ2n) is 2.91. The molecule has 0 aliphatic heterocycles. The number of rotatable bonds is 3. The van der Waals surface area contributed by atoms with E-state index in [4.69, 9.17) is 0 Å². The molecule has 0 amide bonds. The monoisotopic (exact) mass is 346 g/mol. The first-order chi connectivity index (χ1) is 6.29. The molecule has 0 aliphatic carbocycles. The quantitative estimate of drug-likeness (QED) is 0.735. The highest BCUT2D eigenvalue weighted by Gasteiger charge is 2.27. The molecule has 0 N–H and O–H groups in total. The molecule has 6 heteroatoms. The summed E-state index contributed by atoms with van der Waals surface area (Å²) in [4.78, 5) is 11.4. The second-order valence-corrected chi connectivity index (χ2v) is 6.66. The third kappa shape index (κ3) is 3.40. The molecule has 0 atom stereocenters. The molecule has 0 saturated carbocycles. The van der Waals surface area contributed by atoms with Crippen molar-refractivity contribution in [1.29, 1.82) is 0 Å². The van der Waals surface area contributed by atoms with Crippen LogP contribution < -0.4 is 0 Å². The predicted molar refractivity (Wildman–Crippen MR) is 59.3 cm³/mol.